The second-order valence-corrected chi connectivity index (χ2v) is 7.48. The first kappa shape index (κ1) is 19.1. The van der Waals surface area contributed by atoms with Crippen LogP contribution in [0.5, 0.6) is 0 Å². The fourth-order valence-corrected chi connectivity index (χ4v) is 2.93. The summed E-state index contributed by atoms with van der Waals surface area (Å²) in [6.45, 7) is 7.75. The van der Waals surface area contributed by atoms with Crippen LogP contribution in [0, 0.1) is 11.6 Å². The fourth-order valence-electron chi connectivity index (χ4n) is 2.93. The zero-order valence-corrected chi connectivity index (χ0v) is 15.7. The van der Waals surface area contributed by atoms with E-state index in [0.29, 0.717) is 43.1 Å². The zero-order valence-electron chi connectivity index (χ0n) is 15.7. The Morgan fingerprint density at radius 3 is 2.41 bits per heavy atom. The Kier molecular flexibility index (Phi) is 5.30. The molecular formula is C20H23F2N3O2. The van der Waals surface area contributed by atoms with Gasteiger partial charge in [0.2, 0.25) is 0 Å². The van der Waals surface area contributed by atoms with E-state index in [2.05, 4.69) is 4.98 Å². The number of anilines is 1. The van der Waals surface area contributed by atoms with E-state index >= 15 is 0 Å². The van der Waals surface area contributed by atoms with Crippen LogP contribution in [0.3, 0.4) is 0 Å². The number of amides is 1. The van der Waals surface area contributed by atoms with Crippen LogP contribution in [-0.4, -0.2) is 47.8 Å². The van der Waals surface area contributed by atoms with Crippen molar-refractivity contribution in [3.63, 3.8) is 0 Å². The van der Waals surface area contributed by atoms with Gasteiger partial charge in [-0.25, -0.2) is 18.6 Å². The van der Waals surface area contributed by atoms with Crippen molar-refractivity contribution in [1.82, 2.24) is 9.88 Å². The molecule has 1 amide bonds. The van der Waals surface area contributed by atoms with E-state index in [1.54, 1.807) is 23.2 Å². The minimum absolute atomic E-state index is 0.322. The molecular weight excluding hydrogens is 352 g/mol. The molecule has 2 heterocycles. The van der Waals surface area contributed by atoms with Crippen LogP contribution in [0.25, 0.3) is 11.1 Å². The lowest BCUT2D eigenvalue weighted by molar-refractivity contribution is 0.0240. The molecule has 3 rings (SSSR count). The second kappa shape index (κ2) is 7.50. The van der Waals surface area contributed by atoms with E-state index in [1.165, 1.54) is 12.1 Å². The average Bonchev–Trinajstić information content (AvgIpc) is 2.60. The van der Waals surface area contributed by atoms with Crippen molar-refractivity contribution in [3.8, 4) is 11.1 Å². The number of hydrogen-bond donors (Lipinski definition) is 0. The lowest BCUT2D eigenvalue weighted by Crippen LogP contribution is -2.50. The number of halogens is 2. The zero-order chi connectivity index (χ0) is 19.6. The highest BCUT2D eigenvalue weighted by Gasteiger charge is 2.26. The number of benzene rings is 1. The van der Waals surface area contributed by atoms with E-state index < -0.39 is 17.2 Å². The first-order chi connectivity index (χ1) is 12.7. The van der Waals surface area contributed by atoms with E-state index in [0.717, 1.165) is 6.07 Å². The first-order valence-electron chi connectivity index (χ1n) is 8.87. The van der Waals surface area contributed by atoms with Crippen LogP contribution in [0.2, 0.25) is 0 Å². The highest BCUT2D eigenvalue weighted by molar-refractivity contribution is 5.69. The van der Waals surface area contributed by atoms with Gasteiger partial charge in [-0.3, -0.25) is 0 Å². The Morgan fingerprint density at radius 1 is 1.07 bits per heavy atom. The lowest BCUT2D eigenvalue weighted by Gasteiger charge is -2.36. The number of pyridine rings is 1. The third kappa shape index (κ3) is 4.72. The molecule has 144 valence electrons. The van der Waals surface area contributed by atoms with Gasteiger partial charge in [0.15, 0.2) is 0 Å². The molecule has 0 atom stereocenters. The van der Waals surface area contributed by atoms with E-state index in [-0.39, 0.29) is 6.09 Å². The summed E-state index contributed by atoms with van der Waals surface area (Å²) in [6, 6.07) is 6.99. The normalized spacial score (nSPS) is 15.0. The minimum atomic E-state index is -0.609. The van der Waals surface area contributed by atoms with E-state index in [9.17, 15) is 13.6 Å². The third-order valence-electron chi connectivity index (χ3n) is 4.24. The van der Waals surface area contributed by atoms with Gasteiger partial charge in [-0.05, 0) is 50.6 Å². The number of aromatic nitrogens is 1. The maximum Gasteiger partial charge on any atom is 0.410 e. The number of carbonyl (C=O) groups is 1. The van der Waals surface area contributed by atoms with Crippen molar-refractivity contribution in [2.45, 2.75) is 26.4 Å². The Balaban J connectivity index is 1.69. The molecule has 1 saturated heterocycles. The average molecular weight is 375 g/mol. The minimum Gasteiger partial charge on any atom is -0.444 e. The molecule has 0 aliphatic carbocycles. The van der Waals surface area contributed by atoms with Crippen molar-refractivity contribution in [3.05, 3.63) is 48.2 Å². The summed E-state index contributed by atoms with van der Waals surface area (Å²) in [4.78, 5) is 20.2. The molecule has 1 aromatic carbocycles. The standard InChI is InChI=1S/C20H23F2N3O2/c1-20(2,3)27-19(26)25-10-8-24(9-11-25)18-12-14(6-7-23-18)16-5-4-15(21)13-17(16)22/h4-7,12-13H,8-11H2,1-3H3. The summed E-state index contributed by atoms with van der Waals surface area (Å²) in [6.07, 6.45) is 1.28. The molecule has 0 unspecified atom stereocenters. The summed E-state index contributed by atoms with van der Waals surface area (Å²) in [5.74, 6) is -0.522. The van der Waals surface area contributed by atoms with Gasteiger partial charge in [-0.1, -0.05) is 0 Å². The predicted molar refractivity (Wildman–Crippen MR) is 99.6 cm³/mol. The van der Waals surface area contributed by atoms with Crippen molar-refractivity contribution >= 4 is 11.9 Å². The largest absolute Gasteiger partial charge is 0.444 e. The SMILES string of the molecule is CC(C)(C)OC(=O)N1CCN(c2cc(-c3ccc(F)cc3F)ccn2)CC1. The summed E-state index contributed by atoms with van der Waals surface area (Å²) in [5, 5.41) is 0. The second-order valence-electron chi connectivity index (χ2n) is 7.48. The molecule has 0 bridgehead atoms. The van der Waals surface area contributed by atoms with Gasteiger partial charge in [-0.15, -0.1) is 0 Å². The summed E-state index contributed by atoms with van der Waals surface area (Å²) in [5.41, 5.74) is 0.433. The number of hydrogen-bond acceptors (Lipinski definition) is 4. The summed E-state index contributed by atoms with van der Waals surface area (Å²) < 4.78 is 32.6. The molecule has 1 aromatic heterocycles. The third-order valence-corrected chi connectivity index (χ3v) is 4.24. The van der Waals surface area contributed by atoms with E-state index in [4.69, 9.17) is 4.74 Å². The number of ether oxygens (including phenoxy) is 1. The Hall–Kier alpha value is -2.70. The Morgan fingerprint density at radius 2 is 1.78 bits per heavy atom. The number of carbonyl (C=O) groups excluding carboxylic acids is 1. The van der Waals surface area contributed by atoms with Crippen LogP contribution in [0.15, 0.2) is 36.5 Å². The molecule has 1 fully saturated rings. The molecule has 5 nitrogen and oxygen atoms in total. The van der Waals surface area contributed by atoms with Crippen LogP contribution >= 0.6 is 0 Å². The highest BCUT2D eigenvalue weighted by atomic mass is 19.1. The highest BCUT2D eigenvalue weighted by Crippen LogP contribution is 2.26. The molecule has 0 spiro atoms. The Labute approximate surface area is 157 Å². The van der Waals surface area contributed by atoms with Gasteiger partial charge in [0.1, 0.15) is 23.1 Å². The molecule has 1 aliphatic heterocycles. The predicted octanol–water partition coefficient (Wildman–Crippen LogP) is 4.08. The maximum atomic E-state index is 14.1. The van der Waals surface area contributed by atoms with Crippen LogP contribution in [0.4, 0.5) is 19.4 Å². The molecule has 0 radical (unpaired) electrons. The quantitative estimate of drug-likeness (QED) is 0.793. The molecule has 1 aliphatic rings. The summed E-state index contributed by atoms with van der Waals surface area (Å²) in [7, 11) is 0. The maximum absolute atomic E-state index is 14.1. The molecule has 0 saturated carbocycles. The van der Waals surface area contributed by atoms with Crippen molar-refractivity contribution in [2.24, 2.45) is 0 Å². The van der Waals surface area contributed by atoms with Gasteiger partial charge in [0.25, 0.3) is 0 Å². The molecule has 27 heavy (non-hydrogen) atoms. The van der Waals surface area contributed by atoms with Gasteiger partial charge < -0.3 is 14.5 Å². The van der Waals surface area contributed by atoms with E-state index in [1.807, 2.05) is 25.7 Å². The van der Waals surface area contributed by atoms with Gasteiger partial charge in [-0.2, -0.15) is 0 Å². The van der Waals surface area contributed by atoms with Crippen molar-refractivity contribution in [2.75, 3.05) is 31.1 Å². The van der Waals surface area contributed by atoms with Crippen LogP contribution < -0.4 is 4.90 Å². The monoisotopic (exact) mass is 375 g/mol. The number of nitrogens with zero attached hydrogens (tertiary/aromatic N) is 3. The van der Waals surface area contributed by atoms with Crippen LogP contribution in [-0.2, 0) is 4.74 Å². The summed E-state index contributed by atoms with van der Waals surface area (Å²) >= 11 is 0. The Bertz CT molecular complexity index is 828. The smallest absolute Gasteiger partial charge is 0.410 e. The lowest BCUT2D eigenvalue weighted by atomic mass is 10.1. The number of piperazine rings is 1. The fraction of sp³-hybridized carbons (Fsp3) is 0.400. The molecule has 2 aromatic rings. The molecule has 7 heteroatoms. The van der Waals surface area contributed by atoms with Crippen LogP contribution in [0.1, 0.15) is 20.8 Å². The van der Waals surface area contributed by atoms with Gasteiger partial charge in [0.05, 0.1) is 0 Å². The number of rotatable bonds is 2. The topological polar surface area (TPSA) is 45.7 Å². The molecule has 0 N–H and O–H groups in total. The van der Waals surface area contributed by atoms with Gasteiger partial charge in [0, 0.05) is 44.0 Å². The van der Waals surface area contributed by atoms with Crippen molar-refractivity contribution < 1.29 is 18.3 Å². The van der Waals surface area contributed by atoms with Gasteiger partial charge >= 0.3 is 6.09 Å². The first-order valence-corrected chi connectivity index (χ1v) is 8.87. The van der Waals surface area contributed by atoms with Crippen molar-refractivity contribution in [1.29, 1.82) is 0 Å².